The number of fused-ring (bicyclic) bond motifs is 3. The van der Waals surface area contributed by atoms with Crippen molar-refractivity contribution in [1.82, 2.24) is 14.9 Å². The number of nitrogens with two attached hydrogens (primary N) is 1. The molecular formula is C9H11ClN4. The van der Waals surface area contributed by atoms with Crippen LogP contribution in [-0.4, -0.2) is 27.5 Å². The van der Waals surface area contributed by atoms with E-state index >= 15 is 0 Å². The van der Waals surface area contributed by atoms with E-state index in [0.29, 0.717) is 5.15 Å². The van der Waals surface area contributed by atoms with Crippen molar-refractivity contribution in [3.05, 3.63) is 22.7 Å². The van der Waals surface area contributed by atoms with Crippen LogP contribution in [0.3, 0.4) is 0 Å². The highest BCUT2D eigenvalue weighted by molar-refractivity contribution is 6.30. The molecule has 4 nitrogen and oxygen atoms in total. The number of aromatic nitrogens is 2. The highest BCUT2D eigenvalue weighted by atomic mass is 35.5. The van der Waals surface area contributed by atoms with Gasteiger partial charge in [-0.1, -0.05) is 11.6 Å². The summed E-state index contributed by atoms with van der Waals surface area (Å²) >= 11 is 6.07. The fourth-order valence-electron chi connectivity index (χ4n) is 2.48. The number of rotatable bonds is 0. The monoisotopic (exact) mass is 210 g/mol. The van der Waals surface area contributed by atoms with Crippen LogP contribution in [0.25, 0.3) is 0 Å². The Labute approximate surface area is 87.1 Å². The van der Waals surface area contributed by atoms with E-state index < -0.39 is 0 Å². The van der Waals surface area contributed by atoms with Crippen molar-refractivity contribution in [2.45, 2.75) is 25.0 Å². The fourth-order valence-corrected chi connectivity index (χ4v) is 2.74. The Morgan fingerprint density at radius 1 is 1.50 bits per heavy atom. The predicted octanol–water partition coefficient (Wildman–Crippen LogP) is 0.718. The summed E-state index contributed by atoms with van der Waals surface area (Å²) in [4.78, 5) is 10.6. The van der Waals surface area contributed by atoms with Gasteiger partial charge in [-0.3, -0.25) is 4.90 Å². The minimum atomic E-state index is 0.180. The van der Waals surface area contributed by atoms with Gasteiger partial charge in [0.15, 0.2) is 0 Å². The van der Waals surface area contributed by atoms with Crippen LogP contribution < -0.4 is 5.73 Å². The first kappa shape index (κ1) is 8.59. The largest absolute Gasteiger partial charge is 0.326 e. The minimum absolute atomic E-state index is 0.180. The van der Waals surface area contributed by atoms with Gasteiger partial charge in [-0.25, -0.2) is 9.97 Å². The summed E-state index contributed by atoms with van der Waals surface area (Å²) in [6, 6.07) is 0.429. The molecule has 3 rings (SSSR count). The highest BCUT2D eigenvalue weighted by Crippen LogP contribution is 2.41. The second-order valence-electron chi connectivity index (χ2n) is 3.89. The van der Waals surface area contributed by atoms with Crippen molar-refractivity contribution in [2.75, 3.05) is 6.54 Å². The van der Waals surface area contributed by atoms with E-state index in [1.54, 1.807) is 0 Å². The first-order chi connectivity index (χ1) is 6.77. The lowest BCUT2D eigenvalue weighted by molar-refractivity contribution is 0.270. The molecule has 2 atom stereocenters. The molecule has 74 valence electrons. The Morgan fingerprint density at radius 2 is 2.36 bits per heavy atom. The third-order valence-corrected chi connectivity index (χ3v) is 3.42. The van der Waals surface area contributed by atoms with Crippen LogP contribution in [0.4, 0.5) is 0 Å². The molecular weight excluding hydrogens is 200 g/mol. The SMILES string of the molecule is N[C@H]1CCN2Cc3ncnc(Cl)c3[C@H]12. The van der Waals surface area contributed by atoms with Crippen molar-refractivity contribution >= 4 is 11.6 Å². The zero-order valence-electron chi connectivity index (χ0n) is 7.65. The summed E-state index contributed by atoms with van der Waals surface area (Å²) in [5.74, 6) is 0. The van der Waals surface area contributed by atoms with Gasteiger partial charge in [-0.05, 0) is 6.42 Å². The summed E-state index contributed by atoms with van der Waals surface area (Å²) in [6.45, 7) is 1.91. The maximum Gasteiger partial charge on any atom is 0.137 e. The lowest BCUT2D eigenvalue weighted by atomic mass is 10.0. The van der Waals surface area contributed by atoms with E-state index in [-0.39, 0.29) is 12.1 Å². The quantitative estimate of drug-likeness (QED) is 0.641. The number of nitrogens with zero attached hydrogens (tertiary/aromatic N) is 3. The van der Waals surface area contributed by atoms with Crippen LogP contribution in [0.2, 0.25) is 5.15 Å². The number of hydrogen-bond acceptors (Lipinski definition) is 4. The number of hydrogen-bond donors (Lipinski definition) is 1. The molecule has 0 amide bonds. The van der Waals surface area contributed by atoms with E-state index in [1.165, 1.54) is 6.33 Å². The normalized spacial score (nSPS) is 30.4. The molecule has 1 aromatic heterocycles. The molecule has 0 radical (unpaired) electrons. The van der Waals surface area contributed by atoms with E-state index in [0.717, 1.165) is 30.8 Å². The second kappa shape index (κ2) is 2.89. The lowest BCUT2D eigenvalue weighted by Gasteiger charge is -2.17. The molecule has 0 unspecified atom stereocenters. The van der Waals surface area contributed by atoms with Crippen LogP contribution >= 0.6 is 11.6 Å². The van der Waals surface area contributed by atoms with Crippen molar-refractivity contribution in [2.24, 2.45) is 5.73 Å². The van der Waals surface area contributed by atoms with Gasteiger partial charge in [0.25, 0.3) is 0 Å². The number of halogens is 1. The second-order valence-corrected chi connectivity index (χ2v) is 4.25. The van der Waals surface area contributed by atoms with Gasteiger partial charge < -0.3 is 5.73 Å². The molecule has 1 aromatic rings. The molecule has 3 heterocycles. The Hall–Kier alpha value is -0.710. The summed E-state index contributed by atoms with van der Waals surface area (Å²) in [6.07, 6.45) is 2.56. The predicted molar refractivity (Wildman–Crippen MR) is 52.8 cm³/mol. The highest BCUT2D eigenvalue weighted by Gasteiger charge is 2.41. The van der Waals surface area contributed by atoms with Gasteiger partial charge in [-0.2, -0.15) is 0 Å². The zero-order chi connectivity index (χ0) is 9.71. The molecule has 2 N–H and O–H groups in total. The summed E-state index contributed by atoms with van der Waals surface area (Å²) < 4.78 is 0. The summed E-state index contributed by atoms with van der Waals surface area (Å²) in [7, 11) is 0. The Bertz CT molecular complexity index is 381. The lowest BCUT2D eigenvalue weighted by Crippen LogP contribution is -2.27. The molecule has 14 heavy (non-hydrogen) atoms. The third kappa shape index (κ3) is 1.02. The molecule has 0 spiro atoms. The van der Waals surface area contributed by atoms with Gasteiger partial charge in [0.2, 0.25) is 0 Å². The Morgan fingerprint density at radius 3 is 3.21 bits per heavy atom. The van der Waals surface area contributed by atoms with Crippen molar-refractivity contribution in [3.63, 3.8) is 0 Å². The van der Waals surface area contributed by atoms with Crippen molar-refractivity contribution in [1.29, 1.82) is 0 Å². The van der Waals surface area contributed by atoms with E-state index in [4.69, 9.17) is 17.3 Å². The molecule has 2 aliphatic heterocycles. The molecule has 1 saturated heterocycles. The molecule has 2 aliphatic rings. The average Bonchev–Trinajstić information content (AvgIpc) is 2.67. The molecule has 0 saturated carbocycles. The van der Waals surface area contributed by atoms with Crippen LogP contribution in [0.5, 0.6) is 0 Å². The van der Waals surface area contributed by atoms with Crippen LogP contribution in [0.15, 0.2) is 6.33 Å². The molecule has 0 aliphatic carbocycles. The molecule has 1 fully saturated rings. The minimum Gasteiger partial charge on any atom is -0.326 e. The van der Waals surface area contributed by atoms with E-state index in [9.17, 15) is 0 Å². The smallest absolute Gasteiger partial charge is 0.137 e. The summed E-state index contributed by atoms with van der Waals surface area (Å²) in [5, 5.41) is 0.569. The zero-order valence-corrected chi connectivity index (χ0v) is 8.41. The first-order valence-electron chi connectivity index (χ1n) is 4.76. The standard InChI is InChI=1S/C9H11ClN4/c10-9-7-6(12-4-13-9)3-14-2-1-5(11)8(7)14/h4-5,8H,1-3,11H2/t5-,8-/m0/s1. The van der Waals surface area contributed by atoms with Gasteiger partial charge >= 0.3 is 0 Å². The van der Waals surface area contributed by atoms with Gasteiger partial charge in [0.05, 0.1) is 11.7 Å². The fraction of sp³-hybridized carbons (Fsp3) is 0.556. The molecule has 0 aromatic carbocycles. The van der Waals surface area contributed by atoms with Gasteiger partial charge in [-0.15, -0.1) is 0 Å². The van der Waals surface area contributed by atoms with Gasteiger partial charge in [0.1, 0.15) is 11.5 Å². The van der Waals surface area contributed by atoms with Crippen LogP contribution in [0, 0.1) is 0 Å². The first-order valence-corrected chi connectivity index (χ1v) is 5.14. The average molecular weight is 211 g/mol. The maximum atomic E-state index is 6.07. The Kier molecular flexibility index (Phi) is 1.77. The van der Waals surface area contributed by atoms with Crippen molar-refractivity contribution in [3.8, 4) is 0 Å². The topological polar surface area (TPSA) is 55.0 Å². The van der Waals surface area contributed by atoms with E-state index in [1.807, 2.05) is 0 Å². The Balaban J connectivity index is 2.13. The third-order valence-electron chi connectivity index (χ3n) is 3.12. The van der Waals surface area contributed by atoms with Crippen LogP contribution in [0.1, 0.15) is 23.7 Å². The summed E-state index contributed by atoms with van der Waals surface area (Å²) in [5.41, 5.74) is 8.15. The van der Waals surface area contributed by atoms with Crippen molar-refractivity contribution < 1.29 is 0 Å². The van der Waals surface area contributed by atoms with E-state index in [2.05, 4.69) is 14.9 Å². The maximum absolute atomic E-state index is 6.07. The van der Waals surface area contributed by atoms with Crippen LogP contribution in [-0.2, 0) is 6.54 Å². The molecule has 0 bridgehead atoms. The molecule has 5 heteroatoms. The van der Waals surface area contributed by atoms with Gasteiger partial charge in [0, 0.05) is 24.7 Å².